The van der Waals surface area contributed by atoms with E-state index in [-0.39, 0.29) is 9.79 Å². The molecular formula is C28H22N2O4S3. The van der Waals surface area contributed by atoms with Gasteiger partial charge in [0.05, 0.1) is 15.3 Å². The highest BCUT2D eigenvalue weighted by molar-refractivity contribution is 7.91. The lowest BCUT2D eigenvalue weighted by molar-refractivity contribution is 0.600. The number of hydrogen-bond acceptors (Lipinski definition) is 7. The maximum absolute atomic E-state index is 12.4. The molecule has 0 unspecified atom stereocenters. The second-order valence-electron chi connectivity index (χ2n) is 8.64. The standard InChI is InChI=1S/C28H22N2O4S3/c1-36(31,32)23-10-8-20(9-11-23)26(28-30-13-14-35-28)16-19-5-3-6-21(15-19)25-18-24(37(2,33)34)17-22-7-4-12-29-27(22)25/h3-18H,1-2H3/b26-16-. The fourth-order valence-corrected chi connectivity index (χ4v) is 6.05. The number of pyridine rings is 1. The smallest absolute Gasteiger partial charge is 0.175 e. The first-order valence-corrected chi connectivity index (χ1v) is 15.9. The average molecular weight is 547 g/mol. The molecule has 9 heteroatoms. The van der Waals surface area contributed by atoms with E-state index in [0.717, 1.165) is 38.2 Å². The van der Waals surface area contributed by atoms with E-state index in [1.807, 2.05) is 41.8 Å². The van der Waals surface area contributed by atoms with Crippen LogP contribution in [0.15, 0.2) is 100 Å². The third kappa shape index (κ3) is 5.39. The lowest BCUT2D eigenvalue weighted by Crippen LogP contribution is -1.98. The summed E-state index contributed by atoms with van der Waals surface area (Å²) in [6, 6.07) is 21.5. The number of nitrogens with zero attached hydrogens (tertiary/aromatic N) is 2. The molecule has 0 amide bonds. The lowest BCUT2D eigenvalue weighted by Gasteiger charge is -2.11. The fraction of sp³-hybridized carbons (Fsp3) is 0.0714. The van der Waals surface area contributed by atoms with E-state index in [9.17, 15) is 16.8 Å². The molecule has 0 spiro atoms. The molecule has 3 aromatic carbocycles. The summed E-state index contributed by atoms with van der Waals surface area (Å²) >= 11 is 1.49. The zero-order chi connectivity index (χ0) is 26.2. The second kappa shape index (κ2) is 9.66. The normalized spacial score (nSPS) is 12.6. The van der Waals surface area contributed by atoms with Crippen molar-refractivity contribution in [1.29, 1.82) is 0 Å². The van der Waals surface area contributed by atoms with Gasteiger partial charge >= 0.3 is 0 Å². The summed E-state index contributed by atoms with van der Waals surface area (Å²) in [6.45, 7) is 0. The van der Waals surface area contributed by atoms with E-state index >= 15 is 0 Å². The molecule has 0 aliphatic heterocycles. The van der Waals surface area contributed by atoms with Crippen LogP contribution in [0.25, 0.3) is 33.7 Å². The molecule has 0 aliphatic carbocycles. The van der Waals surface area contributed by atoms with Crippen LogP contribution in [0, 0.1) is 0 Å². The minimum absolute atomic E-state index is 0.235. The summed E-state index contributed by atoms with van der Waals surface area (Å²) in [6.07, 6.45) is 7.79. The van der Waals surface area contributed by atoms with Gasteiger partial charge in [0.15, 0.2) is 19.7 Å². The van der Waals surface area contributed by atoms with Gasteiger partial charge < -0.3 is 0 Å². The van der Waals surface area contributed by atoms with E-state index in [0.29, 0.717) is 5.52 Å². The zero-order valence-electron chi connectivity index (χ0n) is 20.0. The highest BCUT2D eigenvalue weighted by atomic mass is 32.2. The van der Waals surface area contributed by atoms with Crippen LogP contribution in [-0.4, -0.2) is 39.3 Å². The van der Waals surface area contributed by atoms with Gasteiger partial charge in [0.25, 0.3) is 0 Å². The molecule has 6 nitrogen and oxygen atoms in total. The van der Waals surface area contributed by atoms with Crippen LogP contribution in [-0.2, 0) is 19.7 Å². The summed E-state index contributed by atoms with van der Waals surface area (Å²) in [7, 11) is -6.73. The van der Waals surface area contributed by atoms with Crippen LogP contribution in [0.1, 0.15) is 16.1 Å². The molecule has 0 saturated carbocycles. The van der Waals surface area contributed by atoms with E-state index in [1.165, 1.54) is 23.8 Å². The van der Waals surface area contributed by atoms with Gasteiger partial charge in [0.1, 0.15) is 5.01 Å². The number of benzene rings is 3. The van der Waals surface area contributed by atoms with Crippen molar-refractivity contribution in [2.45, 2.75) is 9.79 Å². The van der Waals surface area contributed by atoms with Gasteiger partial charge in [-0.3, -0.25) is 4.98 Å². The van der Waals surface area contributed by atoms with E-state index < -0.39 is 19.7 Å². The molecule has 0 N–H and O–H groups in total. The molecule has 5 aromatic rings. The second-order valence-corrected chi connectivity index (χ2v) is 13.6. The van der Waals surface area contributed by atoms with Crippen LogP contribution in [0.2, 0.25) is 0 Å². The summed E-state index contributed by atoms with van der Waals surface area (Å²) < 4.78 is 48.6. The Labute approximate surface area is 219 Å². The number of sulfone groups is 2. The number of rotatable bonds is 6. The molecule has 0 radical (unpaired) electrons. The SMILES string of the molecule is CS(=O)(=O)c1ccc(/C(=C/c2cccc(-c3cc(S(C)(=O)=O)cc4cccnc34)c2)c2nccs2)cc1. The number of aromatic nitrogens is 2. The molecule has 0 bridgehead atoms. The molecule has 186 valence electrons. The lowest BCUT2D eigenvalue weighted by atomic mass is 9.98. The van der Waals surface area contributed by atoms with Crippen molar-refractivity contribution in [2.75, 3.05) is 12.5 Å². The van der Waals surface area contributed by atoms with Crippen molar-refractivity contribution in [1.82, 2.24) is 9.97 Å². The first-order valence-electron chi connectivity index (χ1n) is 11.2. The summed E-state index contributed by atoms with van der Waals surface area (Å²) in [4.78, 5) is 9.48. The number of thiazole rings is 1. The quantitative estimate of drug-likeness (QED) is 0.252. The third-order valence-corrected chi connectivity index (χ3v) is 8.90. The first kappa shape index (κ1) is 25.0. The van der Waals surface area contributed by atoms with Crippen LogP contribution in [0.4, 0.5) is 0 Å². The van der Waals surface area contributed by atoms with E-state index in [2.05, 4.69) is 9.97 Å². The zero-order valence-corrected chi connectivity index (χ0v) is 22.4. The van der Waals surface area contributed by atoms with Crippen LogP contribution < -0.4 is 0 Å². The Balaban J connectivity index is 1.66. The Bertz CT molecular complexity index is 1860. The molecule has 2 heterocycles. The maximum atomic E-state index is 12.4. The van der Waals surface area contributed by atoms with Crippen molar-refractivity contribution >= 4 is 53.6 Å². The predicted molar refractivity (Wildman–Crippen MR) is 149 cm³/mol. The summed E-state index contributed by atoms with van der Waals surface area (Å²) in [5, 5.41) is 3.43. The molecule has 37 heavy (non-hydrogen) atoms. The van der Waals surface area contributed by atoms with E-state index in [4.69, 9.17) is 0 Å². The highest BCUT2D eigenvalue weighted by Gasteiger charge is 2.15. The van der Waals surface area contributed by atoms with Crippen LogP contribution in [0.5, 0.6) is 0 Å². The molecule has 0 aliphatic rings. The number of hydrogen-bond donors (Lipinski definition) is 0. The Morgan fingerprint density at radius 2 is 1.54 bits per heavy atom. The highest BCUT2D eigenvalue weighted by Crippen LogP contribution is 2.33. The monoisotopic (exact) mass is 546 g/mol. The Hall–Kier alpha value is -3.66. The summed E-state index contributed by atoms with van der Waals surface area (Å²) in [5.41, 5.74) is 4.83. The number of fused-ring (bicyclic) bond motifs is 1. The van der Waals surface area contributed by atoms with Gasteiger partial charge in [-0.05, 0) is 59.2 Å². The first-order chi connectivity index (χ1) is 17.6. The minimum atomic E-state index is -3.42. The third-order valence-electron chi connectivity index (χ3n) is 5.87. The van der Waals surface area contributed by atoms with Crippen molar-refractivity contribution in [2.24, 2.45) is 0 Å². The topological polar surface area (TPSA) is 94.1 Å². The predicted octanol–water partition coefficient (Wildman–Crippen LogP) is 5.75. The van der Waals surface area contributed by atoms with Crippen LogP contribution >= 0.6 is 11.3 Å². The van der Waals surface area contributed by atoms with Gasteiger partial charge in [0, 0.05) is 46.8 Å². The minimum Gasteiger partial charge on any atom is -0.256 e. The van der Waals surface area contributed by atoms with Crippen molar-refractivity contribution in [3.63, 3.8) is 0 Å². The molecule has 0 fully saturated rings. The Kier molecular flexibility index (Phi) is 6.53. The molecule has 0 saturated heterocycles. The Morgan fingerprint density at radius 1 is 0.784 bits per heavy atom. The van der Waals surface area contributed by atoms with E-state index in [1.54, 1.807) is 54.9 Å². The van der Waals surface area contributed by atoms with Gasteiger partial charge in [0.2, 0.25) is 0 Å². The molecule has 5 rings (SSSR count). The van der Waals surface area contributed by atoms with Gasteiger partial charge in [-0.2, -0.15) is 0 Å². The van der Waals surface area contributed by atoms with Crippen LogP contribution in [0.3, 0.4) is 0 Å². The van der Waals surface area contributed by atoms with Crippen molar-refractivity contribution in [3.8, 4) is 11.1 Å². The maximum Gasteiger partial charge on any atom is 0.175 e. The molecule has 2 aromatic heterocycles. The summed E-state index contributed by atoms with van der Waals surface area (Å²) in [5.74, 6) is 0. The van der Waals surface area contributed by atoms with Gasteiger partial charge in [-0.15, -0.1) is 11.3 Å². The van der Waals surface area contributed by atoms with Crippen molar-refractivity contribution in [3.05, 3.63) is 107 Å². The molecular weight excluding hydrogens is 525 g/mol. The Morgan fingerprint density at radius 3 is 2.22 bits per heavy atom. The largest absolute Gasteiger partial charge is 0.256 e. The van der Waals surface area contributed by atoms with Gasteiger partial charge in [-0.25, -0.2) is 21.8 Å². The van der Waals surface area contributed by atoms with Gasteiger partial charge in [-0.1, -0.05) is 36.4 Å². The molecule has 0 atom stereocenters. The fourth-order valence-electron chi connectivity index (χ4n) is 4.07. The average Bonchev–Trinajstić information content (AvgIpc) is 3.40. The van der Waals surface area contributed by atoms with Crippen molar-refractivity contribution < 1.29 is 16.8 Å².